The number of hydrogen-bond acceptors (Lipinski definition) is 5. The lowest BCUT2D eigenvalue weighted by atomic mass is 10.2. The molecule has 3 heterocycles. The largest absolute Gasteiger partial charge is 0.322 e. The number of para-hydroxylation sites is 2. The Bertz CT molecular complexity index is 1170. The Labute approximate surface area is 142 Å². The monoisotopic (exact) mass is 327 g/mol. The second-order valence-corrected chi connectivity index (χ2v) is 5.60. The number of nitrogens with zero attached hydrogens (tertiary/aromatic N) is 5. The highest BCUT2D eigenvalue weighted by Crippen LogP contribution is 2.27. The average molecular weight is 327 g/mol. The van der Waals surface area contributed by atoms with Gasteiger partial charge in [0.1, 0.15) is 12.1 Å². The molecule has 0 spiro atoms. The summed E-state index contributed by atoms with van der Waals surface area (Å²) in [5.74, 6) is 1.99. The van der Waals surface area contributed by atoms with Crippen molar-refractivity contribution >= 4 is 33.4 Å². The van der Waals surface area contributed by atoms with Gasteiger partial charge in [0.2, 0.25) is 5.95 Å². The minimum absolute atomic E-state index is 0.554. The molecule has 0 atom stereocenters. The van der Waals surface area contributed by atoms with Gasteiger partial charge < -0.3 is 5.32 Å². The fourth-order valence-corrected chi connectivity index (χ4v) is 2.82. The third kappa shape index (κ3) is 2.29. The summed E-state index contributed by atoms with van der Waals surface area (Å²) in [7, 11) is 0. The number of anilines is 2. The zero-order chi connectivity index (χ0) is 16.6. The predicted molar refractivity (Wildman–Crippen MR) is 96.0 cm³/mol. The van der Waals surface area contributed by atoms with Crippen molar-refractivity contribution in [2.75, 3.05) is 5.32 Å². The third-order valence-corrected chi connectivity index (χ3v) is 4.03. The van der Waals surface area contributed by atoms with E-state index in [1.807, 2.05) is 54.7 Å². The summed E-state index contributed by atoms with van der Waals surface area (Å²) in [5, 5.41) is 12.7. The number of rotatable bonds is 3. The van der Waals surface area contributed by atoms with Crippen LogP contribution in [0.5, 0.6) is 0 Å². The van der Waals surface area contributed by atoms with E-state index in [4.69, 9.17) is 0 Å². The van der Waals surface area contributed by atoms with Gasteiger partial charge in [0, 0.05) is 23.2 Å². The van der Waals surface area contributed by atoms with Crippen molar-refractivity contribution < 1.29 is 0 Å². The van der Waals surface area contributed by atoms with E-state index < -0.39 is 0 Å². The molecule has 0 unspecified atom stereocenters. The Hall–Kier alpha value is -3.74. The number of fused-ring (bicyclic) bond motifs is 2. The van der Waals surface area contributed by atoms with Crippen molar-refractivity contribution in [2.45, 2.75) is 0 Å². The molecule has 2 N–H and O–H groups in total. The Morgan fingerprint density at radius 1 is 0.880 bits per heavy atom. The highest BCUT2D eigenvalue weighted by Gasteiger charge is 2.12. The molecule has 2 aromatic carbocycles. The van der Waals surface area contributed by atoms with E-state index in [2.05, 4.69) is 30.5 Å². The normalized spacial score (nSPS) is 11.2. The molecule has 0 aliphatic heterocycles. The van der Waals surface area contributed by atoms with Gasteiger partial charge in [-0.1, -0.05) is 24.3 Å². The van der Waals surface area contributed by atoms with Crippen LogP contribution in [0.25, 0.3) is 27.8 Å². The lowest BCUT2D eigenvalue weighted by Crippen LogP contribution is -2.04. The first kappa shape index (κ1) is 13.7. The first-order chi connectivity index (χ1) is 12.4. The Morgan fingerprint density at radius 2 is 1.72 bits per heavy atom. The van der Waals surface area contributed by atoms with Gasteiger partial charge >= 0.3 is 0 Å². The summed E-state index contributed by atoms with van der Waals surface area (Å²) in [5.41, 5.74) is 1.82. The second-order valence-electron chi connectivity index (χ2n) is 5.60. The summed E-state index contributed by atoms with van der Waals surface area (Å²) in [6.45, 7) is 0. The van der Waals surface area contributed by atoms with Crippen LogP contribution in [-0.2, 0) is 0 Å². The second kappa shape index (κ2) is 5.41. The lowest BCUT2D eigenvalue weighted by molar-refractivity contribution is 0.942. The predicted octanol–water partition coefficient (Wildman–Crippen LogP) is 3.44. The van der Waals surface area contributed by atoms with E-state index in [0.717, 1.165) is 27.6 Å². The van der Waals surface area contributed by atoms with Crippen LogP contribution in [0.2, 0.25) is 0 Å². The summed E-state index contributed by atoms with van der Waals surface area (Å²) >= 11 is 0. The van der Waals surface area contributed by atoms with Crippen LogP contribution in [0.15, 0.2) is 67.3 Å². The Balaban J connectivity index is 1.69. The fraction of sp³-hybridized carbons (Fsp3) is 0. The van der Waals surface area contributed by atoms with Crippen molar-refractivity contribution in [3.8, 4) is 5.95 Å². The van der Waals surface area contributed by atoms with E-state index in [1.165, 1.54) is 0 Å². The molecule has 0 fully saturated rings. The molecule has 25 heavy (non-hydrogen) atoms. The Kier molecular flexibility index (Phi) is 2.96. The number of aromatic amines is 1. The van der Waals surface area contributed by atoms with Crippen LogP contribution in [-0.4, -0.2) is 29.7 Å². The smallest absolute Gasteiger partial charge is 0.237 e. The van der Waals surface area contributed by atoms with Gasteiger partial charge in [-0.05, 0) is 24.3 Å². The van der Waals surface area contributed by atoms with Gasteiger partial charge in [0.05, 0.1) is 11.0 Å². The third-order valence-electron chi connectivity index (χ3n) is 4.03. The van der Waals surface area contributed by atoms with Crippen LogP contribution in [0.3, 0.4) is 0 Å². The van der Waals surface area contributed by atoms with Gasteiger partial charge in [-0.15, -0.1) is 0 Å². The van der Waals surface area contributed by atoms with Gasteiger partial charge in [-0.25, -0.2) is 9.97 Å². The van der Waals surface area contributed by atoms with Crippen LogP contribution in [0.4, 0.5) is 11.6 Å². The highest BCUT2D eigenvalue weighted by molar-refractivity contribution is 5.96. The minimum atomic E-state index is 0.554. The van der Waals surface area contributed by atoms with E-state index >= 15 is 0 Å². The summed E-state index contributed by atoms with van der Waals surface area (Å²) in [6, 6.07) is 15.8. The Morgan fingerprint density at radius 3 is 2.60 bits per heavy atom. The van der Waals surface area contributed by atoms with Crippen molar-refractivity contribution in [3.63, 3.8) is 0 Å². The van der Waals surface area contributed by atoms with E-state index in [-0.39, 0.29) is 0 Å². The molecule has 0 amide bonds. The molecule has 0 radical (unpaired) electrons. The molecule has 0 bridgehead atoms. The number of benzene rings is 2. The van der Waals surface area contributed by atoms with Gasteiger partial charge in [0.15, 0.2) is 5.82 Å². The number of H-pyrrole nitrogens is 1. The number of nitrogens with one attached hydrogen (secondary N) is 2. The van der Waals surface area contributed by atoms with Crippen LogP contribution >= 0.6 is 0 Å². The number of hydrogen-bond donors (Lipinski definition) is 2. The molecule has 0 saturated carbocycles. The highest BCUT2D eigenvalue weighted by atomic mass is 15.2. The molecule has 5 rings (SSSR count). The zero-order valence-electron chi connectivity index (χ0n) is 13.1. The molecular formula is C18H13N7. The first-order valence-corrected chi connectivity index (χ1v) is 7.84. The van der Waals surface area contributed by atoms with E-state index in [0.29, 0.717) is 11.8 Å². The van der Waals surface area contributed by atoms with Crippen LogP contribution in [0, 0.1) is 0 Å². The van der Waals surface area contributed by atoms with Crippen molar-refractivity contribution in [3.05, 3.63) is 67.3 Å². The quantitative estimate of drug-likeness (QED) is 0.530. The molecular weight excluding hydrogens is 314 g/mol. The molecule has 0 saturated heterocycles. The molecule has 0 aliphatic carbocycles. The molecule has 120 valence electrons. The summed E-state index contributed by atoms with van der Waals surface area (Å²) in [4.78, 5) is 13.4. The van der Waals surface area contributed by atoms with Gasteiger partial charge in [-0.3, -0.25) is 9.67 Å². The van der Waals surface area contributed by atoms with E-state index in [9.17, 15) is 0 Å². The number of aromatic nitrogens is 6. The van der Waals surface area contributed by atoms with Crippen LogP contribution < -0.4 is 5.32 Å². The van der Waals surface area contributed by atoms with Crippen molar-refractivity contribution in [2.24, 2.45) is 0 Å². The standard InChI is InChI=1S/C18H13N7/c1-3-7-14-12(5-1)16(22-18(20-14)25-10-9-19-11-25)21-17-13-6-2-4-8-15(13)23-24-17/h1-11H,(H2,20,21,22,23,24). The maximum atomic E-state index is 4.67. The lowest BCUT2D eigenvalue weighted by Gasteiger charge is -2.09. The number of imidazole rings is 1. The first-order valence-electron chi connectivity index (χ1n) is 7.84. The zero-order valence-corrected chi connectivity index (χ0v) is 13.1. The average Bonchev–Trinajstić information content (AvgIpc) is 3.32. The van der Waals surface area contributed by atoms with E-state index in [1.54, 1.807) is 17.1 Å². The van der Waals surface area contributed by atoms with Gasteiger partial charge in [-0.2, -0.15) is 10.1 Å². The van der Waals surface area contributed by atoms with Gasteiger partial charge in [0.25, 0.3) is 0 Å². The van der Waals surface area contributed by atoms with Crippen LogP contribution in [0.1, 0.15) is 0 Å². The maximum absolute atomic E-state index is 4.67. The molecule has 7 nitrogen and oxygen atoms in total. The van der Waals surface area contributed by atoms with Crippen molar-refractivity contribution in [1.29, 1.82) is 0 Å². The SMILES string of the molecule is c1ccc2c(Nc3n[nH]c4ccccc34)nc(-n3ccnc3)nc2c1. The fourth-order valence-electron chi connectivity index (χ4n) is 2.82. The molecule has 5 aromatic rings. The molecule has 0 aliphatic rings. The topological polar surface area (TPSA) is 84.3 Å². The minimum Gasteiger partial charge on any atom is -0.322 e. The van der Waals surface area contributed by atoms with Crippen molar-refractivity contribution in [1.82, 2.24) is 29.7 Å². The molecule has 7 heteroatoms. The summed E-state index contributed by atoms with van der Waals surface area (Å²) in [6.07, 6.45) is 5.20. The summed E-state index contributed by atoms with van der Waals surface area (Å²) < 4.78 is 1.78. The molecule has 3 aromatic heterocycles. The maximum Gasteiger partial charge on any atom is 0.237 e.